The summed E-state index contributed by atoms with van der Waals surface area (Å²) in [5.74, 6) is -0.408. The van der Waals surface area contributed by atoms with Gasteiger partial charge in [0.05, 0.1) is 11.4 Å². The van der Waals surface area contributed by atoms with E-state index < -0.39 is 6.36 Å². The van der Waals surface area contributed by atoms with Crippen LogP contribution in [0.25, 0.3) is 0 Å². The summed E-state index contributed by atoms with van der Waals surface area (Å²) in [6.07, 6.45) is -4.18. The highest BCUT2D eigenvalue weighted by atomic mass is 32.2. The van der Waals surface area contributed by atoms with Crippen LogP contribution >= 0.6 is 11.8 Å². The Morgan fingerprint density at radius 2 is 1.83 bits per heavy atom. The normalized spacial score (nSPS) is 11.3. The molecular formula is C20H18F3N3O3S. The van der Waals surface area contributed by atoms with Gasteiger partial charge in [0.2, 0.25) is 5.91 Å². The number of nitrogens with one attached hydrogen (secondary N) is 2. The summed E-state index contributed by atoms with van der Waals surface area (Å²) in [5, 5.41) is 12.5. The highest BCUT2D eigenvalue weighted by Gasteiger charge is 2.30. The minimum absolute atomic E-state index is 0.0758. The van der Waals surface area contributed by atoms with Crippen molar-refractivity contribution in [3.63, 3.8) is 0 Å². The smallest absolute Gasteiger partial charge is 0.508 e. The number of phenols is 1. The summed E-state index contributed by atoms with van der Waals surface area (Å²) in [6, 6.07) is 11.8. The van der Waals surface area contributed by atoms with Crippen LogP contribution < -0.4 is 10.1 Å². The zero-order chi connectivity index (χ0) is 21.7. The predicted octanol–water partition coefficient (Wildman–Crippen LogP) is 4.64. The second-order valence-electron chi connectivity index (χ2n) is 6.37. The predicted molar refractivity (Wildman–Crippen MR) is 107 cm³/mol. The van der Waals surface area contributed by atoms with Gasteiger partial charge < -0.3 is 20.1 Å². The van der Waals surface area contributed by atoms with Crippen molar-refractivity contribution < 1.29 is 27.8 Å². The molecule has 0 aliphatic rings. The molecule has 3 aromatic rings. The Morgan fingerprint density at radius 3 is 2.47 bits per heavy atom. The fraction of sp³-hybridized carbons (Fsp3) is 0.200. The lowest BCUT2D eigenvalue weighted by Crippen LogP contribution is -2.17. The molecule has 158 valence electrons. The topological polar surface area (TPSA) is 87.2 Å². The van der Waals surface area contributed by atoms with Gasteiger partial charge in [-0.15, -0.1) is 13.2 Å². The van der Waals surface area contributed by atoms with E-state index >= 15 is 0 Å². The molecule has 1 aromatic heterocycles. The molecule has 6 nitrogen and oxygen atoms in total. The van der Waals surface area contributed by atoms with E-state index in [1.54, 1.807) is 12.1 Å². The molecule has 0 saturated carbocycles. The third-order valence-corrected chi connectivity index (χ3v) is 4.86. The van der Waals surface area contributed by atoms with E-state index in [0.717, 1.165) is 29.1 Å². The maximum atomic E-state index is 12.2. The number of benzene rings is 2. The maximum Gasteiger partial charge on any atom is 0.573 e. The highest BCUT2D eigenvalue weighted by Crippen LogP contribution is 2.24. The number of ether oxygens (including phenoxy) is 1. The largest absolute Gasteiger partial charge is 0.573 e. The van der Waals surface area contributed by atoms with E-state index in [9.17, 15) is 23.1 Å². The van der Waals surface area contributed by atoms with Gasteiger partial charge in [-0.2, -0.15) is 0 Å². The van der Waals surface area contributed by atoms with E-state index in [4.69, 9.17) is 0 Å². The molecular weight excluding hydrogens is 419 g/mol. The molecule has 10 heteroatoms. The number of aryl methyl sites for hydroxylation is 1. The number of thioether (sulfide) groups is 1. The number of anilines is 1. The van der Waals surface area contributed by atoms with Crippen LogP contribution in [0.4, 0.5) is 18.9 Å². The number of amides is 1. The average molecular weight is 437 g/mol. The number of H-pyrrole nitrogens is 1. The van der Waals surface area contributed by atoms with Crippen molar-refractivity contribution in [3.8, 4) is 11.5 Å². The molecule has 0 radical (unpaired) electrons. The van der Waals surface area contributed by atoms with Gasteiger partial charge in [-0.05, 0) is 48.9 Å². The molecule has 3 N–H and O–H groups in total. The minimum atomic E-state index is -4.76. The van der Waals surface area contributed by atoms with Crippen molar-refractivity contribution in [1.82, 2.24) is 9.97 Å². The molecule has 0 aliphatic carbocycles. The van der Waals surface area contributed by atoms with Gasteiger partial charge in [-0.1, -0.05) is 23.9 Å². The van der Waals surface area contributed by atoms with Gasteiger partial charge in [0.1, 0.15) is 11.5 Å². The standard InChI is InChI=1S/C20H18F3N3O3S/c1-12-17(10-13-2-6-15(27)7-3-13)26-19(24-12)30-11-18(28)25-14-4-8-16(9-5-14)29-20(21,22)23/h2-9,27H,10-11H2,1H3,(H,24,26)(H,25,28). The average Bonchev–Trinajstić information content (AvgIpc) is 3.02. The van der Waals surface area contributed by atoms with Crippen molar-refractivity contribution in [2.24, 2.45) is 0 Å². The second kappa shape index (κ2) is 9.12. The molecule has 1 amide bonds. The molecule has 0 unspecified atom stereocenters. The number of hydrogen-bond acceptors (Lipinski definition) is 5. The van der Waals surface area contributed by atoms with Gasteiger partial charge in [-0.3, -0.25) is 4.79 Å². The van der Waals surface area contributed by atoms with E-state index in [1.807, 2.05) is 19.1 Å². The lowest BCUT2D eigenvalue weighted by atomic mass is 10.1. The molecule has 30 heavy (non-hydrogen) atoms. The van der Waals surface area contributed by atoms with Crippen LogP contribution in [0.15, 0.2) is 53.7 Å². The van der Waals surface area contributed by atoms with Gasteiger partial charge >= 0.3 is 6.36 Å². The Labute approximate surface area is 174 Å². The van der Waals surface area contributed by atoms with Gasteiger partial charge in [0.15, 0.2) is 5.16 Å². The van der Waals surface area contributed by atoms with Crippen molar-refractivity contribution in [2.75, 3.05) is 11.1 Å². The number of carbonyl (C=O) groups is 1. The van der Waals surface area contributed by atoms with Crippen LogP contribution in [-0.2, 0) is 11.2 Å². The van der Waals surface area contributed by atoms with Crippen molar-refractivity contribution in [2.45, 2.75) is 24.9 Å². The molecule has 3 rings (SSSR count). The Morgan fingerprint density at radius 1 is 1.17 bits per heavy atom. The number of rotatable bonds is 7. The van der Waals surface area contributed by atoms with Crippen LogP contribution in [0.1, 0.15) is 17.0 Å². The molecule has 0 aliphatic heterocycles. The first-order chi connectivity index (χ1) is 14.2. The van der Waals surface area contributed by atoms with Crippen LogP contribution in [0.2, 0.25) is 0 Å². The van der Waals surface area contributed by atoms with Crippen molar-refractivity contribution >= 4 is 23.4 Å². The van der Waals surface area contributed by atoms with Crippen LogP contribution in [-0.4, -0.2) is 33.1 Å². The first kappa shape index (κ1) is 21.6. The monoisotopic (exact) mass is 437 g/mol. The van der Waals surface area contributed by atoms with Crippen molar-refractivity contribution in [1.29, 1.82) is 0 Å². The van der Waals surface area contributed by atoms with Gasteiger partial charge in [0, 0.05) is 17.8 Å². The first-order valence-electron chi connectivity index (χ1n) is 8.80. The van der Waals surface area contributed by atoms with Crippen LogP contribution in [0.3, 0.4) is 0 Å². The zero-order valence-electron chi connectivity index (χ0n) is 15.8. The van der Waals surface area contributed by atoms with Gasteiger partial charge in [-0.25, -0.2) is 4.98 Å². The number of halogens is 3. The number of hydrogen-bond donors (Lipinski definition) is 3. The van der Waals surface area contributed by atoms with Crippen LogP contribution in [0, 0.1) is 6.92 Å². The number of alkyl halides is 3. The Hall–Kier alpha value is -3.14. The summed E-state index contributed by atoms with van der Waals surface area (Å²) in [4.78, 5) is 19.7. The Balaban J connectivity index is 1.51. The van der Waals surface area contributed by atoms with Crippen LogP contribution in [0.5, 0.6) is 11.5 Å². The molecule has 0 atom stereocenters. The third kappa shape index (κ3) is 6.45. The minimum Gasteiger partial charge on any atom is -0.508 e. The van der Waals surface area contributed by atoms with E-state index in [0.29, 0.717) is 17.3 Å². The quantitative estimate of drug-likeness (QED) is 0.469. The molecule has 0 spiro atoms. The first-order valence-corrected chi connectivity index (χ1v) is 9.78. The molecule has 1 heterocycles. The Kier molecular flexibility index (Phi) is 6.56. The zero-order valence-corrected chi connectivity index (χ0v) is 16.6. The number of carbonyl (C=O) groups excluding carboxylic acids is 1. The SMILES string of the molecule is Cc1[nH]c(SCC(=O)Nc2ccc(OC(F)(F)F)cc2)nc1Cc1ccc(O)cc1. The Bertz CT molecular complexity index is 1000. The fourth-order valence-electron chi connectivity index (χ4n) is 2.59. The second-order valence-corrected chi connectivity index (χ2v) is 7.33. The van der Waals surface area contributed by atoms with Gasteiger partial charge in [0.25, 0.3) is 0 Å². The number of aromatic hydroxyl groups is 1. The van der Waals surface area contributed by atoms with E-state index in [2.05, 4.69) is 20.0 Å². The fourth-order valence-corrected chi connectivity index (χ4v) is 3.33. The third-order valence-electron chi connectivity index (χ3n) is 3.98. The summed E-state index contributed by atoms with van der Waals surface area (Å²) in [5.41, 5.74) is 3.07. The molecule has 2 aromatic carbocycles. The summed E-state index contributed by atoms with van der Waals surface area (Å²) >= 11 is 1.21. The molecule has 0 saturated heterocycles. The number of aromatic amines is 1. The maximum absolute atomic E-state index is 12.2. The number of aromatic nitrogens is 2. The number of nitrogens with zero attached hydrogens (tertiary/aromatic N) is 1. The number of phenolic OH excluding ortho intramolecular Hbond substituents is 1. The summed E-state index contributed by atoms with van der Waals surface area (Å²) in [6.45, 7) is 1.89. The summed E-state index contributed by atoms with van der Waals surface area (Å²) in [7, 11) is 0. The van der Waals surface area contributed by atoms with E-state index in [-0.39, 0.29) is 23.2 Å². The molecule has 0 bridgehead atoms. The van der Waals surface area contributed by atoms with E-state index in [1.165, 1.54) is 23.9 Å². The van der Waals surface area contributed by atoms with Crippen molar-refractivity contribution in [3.05, 3.63) is 65.5 Å². The summed E-state index contributed by atoms with van der Waals surface area (Å²) < 4.78 is 40.3. The molecule has 0 fully saturated rings. The lowest BCUT2D eigenvalue weighted by Gasteiger charge is -2.09. The lowest BCUT2D eigenvalue weighted by molar-refractivity contribution is -0.274. The number of imidazole rings is 1. The highest BCUT2D eigenvalue weighted by molar-refractivity contribution is 7.99.